The summed E-state index contributed by atoms with van der Waals surface area (Å²) in [5.41, 5.74) is 1.02. The Kier molecular flexibility index (Phi) is 2.86. The molecule has 0 aromatic heterocycles. The average molecular weight is 164 g/mol. The third-order valence-corrected chi connectivity index (χ3v) is 1.61. The van der Waals surface area contributed by atoms with Crippen LogP contribution in [0.25, 0.3) is 0 Å². The van der Waals surface area contributed by atoms with Gasteiger partial charge in [-0.1, -0.05) is 30.3 Å². The van der Waals surface area contributed by atoms with Gasteiger partial charge in [0.2, 0.25) is 0 Å². The first-order valence-corrected chi connectivity index (χ1v) is 3.92. The van der Waals surface area contributed by atoms with E-state index in [1.807, 2.05) is 37.3 Å². The van der Waals surface area contributed by atoms with Gasteiger partial charge in [0.05, 0.1) is 0 Å². The van der Waals surface area contributed by atoms with Gasteiger partial charge < -0.3 is 4.74 Å². The lowest BCUT2D eigenvalue weighted by Crippen LogP contribution is -2.04. The predicted molar refractivity (Wildman–Crippen MR) is 46.6 cm³/mol. The SMILES string of the molecule is CC(=O)O[C@H](C)c1ccccc1. The van der Waals surface area contributed by atoms with Gasteiger partial charge in [0, 0.05) is 6.92 Å². The highest BCUT2D eigenvalue weighted by molar-refractivity contribution is 5.66. The van der Waals surface area contributed by atoms with Crippen LogP contribution in [0.3, 0.4) is 0 Å². The van der Waals surface area contributed by atoms with E-state index in [9.17, 15) is 4.79 Å². The molecule has 1 aromatic rings. The summed E-state index contributed by atoms with van der Waals surface area (Å²) in [5, 5.41) is 0. The molecule has 0 spiro atoms. The van der Waals surface area contributed by atoms with Crippen molar-refractivity contribution in [3.63, 3.8) is 0 Å². The van der Waals surface area contributed by atoms with Crippen LogP contribution in [0.15, 0.2) is 30.3 Å². The second-order valence-corrected chi connectivity index (χ2v) is 2.66. The Labute approximate surface area is 72.2 Å². The highest BCUT2D eigenvalue weighted by Crippen LogP contribution is 2.15. The topological polar surface area (TPSA) is 26.3 Å². The molecule has 0 N–H and O–H groups in total. The van der Waals surface area contributed by atoms with Gasteiger partial charge in [-0.2, -0.15) is 0 Å². The molecule has 0 saturated carbocycles. The number of carbonyl (C=O) groups is 1. The lowest BCUT2D eigenvalue weighted by atomic mass is 10.1. The Hall–Kier alpha value is -1.31. The molecule has 2 nitrogen and oxygen atoms in total. The van der Waals surface area contributed by atoms with Crippen molar-refractivity contribution in [3.8, 4) is 0 Å². The van der Waals surface area contributed by atoms with Crippen molar-refractivity contribution in [1.82, 2.24) is 0 Å². The molecular formula is C10H12O2. The molecule has 0 aliphatic carbocycles. The summed E-state index contributed by atoms with van der Waals surface area (Å²) in [6, 6.07) is 9.66. The second-order valence-electron chi connectivity index (χ2n) is 2.66. The van der Waals surface area contributed by atoms with E-state index < -0.39 is 0 Å². The molecule has 0 aliphatic rings. The molecule has 1 aromatic carbocycles. The molecule has 2 heteroatoms. The van der Waals surface area contributed by atoms with E-state index in [4.69, 9.17) is 4.74 Å². The Balaban J connectivity index is 2.65. The van der Waals surface area contributed by atoms with Gasteiger partial charge in [-0.15, -0.1) is 0 Å². The lowest BCUT2D eigenvalue weighted by molar-refractivity contribution is -0.145. The molecule has 1 rings (SSSR count). The second kappa shape index (κ2) is 3.90. The molecule has 0 amide bonds. The molecule has 1 atom stereocenters. The standard InChI is InChI=1S/C10H12O2/c1-8(12-9(2)11)10-6-4-3-5-7-10/h3-8H,1-2H3/t8-/m1/s1. The van der Waals surface area contributed by atoms with Crippen molar-refractivity contribution in [3.05, 3.63) is 35.9 Å². The maximum absolute atomic E-state index is 10.6. The normalized spacial score (nSPS) is 12.2. The van der Waals surface area contributed by atoms with E-state index in [1.165, 1.54) is 6.92 Å². The van der Waals surface area contributed by atoms with Gasteiger partial charge in [-0.05, 0) is 12.5 Å². The summed E-state index contributed by atoms with van der Waals surface area (Å²) in [7, 11) is 0. The fourth-order valence-corrected chi connectivity index (χ4v) is 1.04. The molecule has 0 bridgehead atoms. The van der Waals surface area contributed by atoms with Crippen LogP contribution in [-0.2, 0) is 9.53 Å². The quantitative estimate of drug-likeness (QED) is 0.627. The van der Waals surface area contributed by atoms with E-state index >= 15 is 0 Å². The highest BCUT2D eigenvalue weighted by atomic mass is 16.5. The number of esters is 1. The fourth-order valence-electron chi connectivity index (χ4n) is 1.04. The van der Waals surface area contributed by atoms with Gasteiger partial charge in [0.1, 0.15) is 6.10 Å². The molecule has 0 radical (unpaired) electrons. The van der Waals surface area contributed by atoms with Crippen LogP contribution in [0.1, 0.15) is 25.5 Å². The molecular weight excluding hydrogens is 152 g/mol. The van der Waals surface area contributed by atoms with Crippen molar-refractivity contribution in [2.24, 2.45) is 0 Å². The van der Waals surface area contributed by atoms with Crippen LogP contribution >= 0.6 is 0 Å². The highest BCUT2D eigenvalue weighted by Gasteiger charge is 2.06. The molecule has 0 aliphatic heterocycles. The minimum absolute atomic E-state index is 0.149. The Morgan fingerprint density at radius 3 is 2.42 bits per heavy atom. The first kappa shape index (κ1) is 8.78. The molecule has 12 heavy (non-hydrogen) atoms. The third kappa shape index (κ3) is 2.38. The van der Waals surface area contributed by atoms with Crippen molar-refractivity contribution < 1.29 is 9.53 Å². The van der Waals surface area contributed by atoms with Gasteiger partial charge in [-0.3, -0.25) is 4.79 Å². The number of hydrogen-bond donors (Lipinski definition) is 0. The van der Waals surface area contributed by atoms with E-state index in [1.54, 1.807) is 0 Å². The summed E-state index contributed by atoms with van der Waals surface area (Å²) < 4.78 is 5.00. The van der Waals surface area contributed by atoms with Crippen LogP contribution in [0.4, 0.5) is 0 Å². The number of hydrogen-bond acceptors (Lipinski definition) is 2. The van der Waals surface area contributed by atoms with E-state index in [0.717, 1.165) is 5.56 Å². The summed E-state index contributed by atoms with van der Waals surface area (Å²) in [6.45, 7) is 3.27. The number of rotatable bonds is 2. The van der Waals surface area contributed by atoms with Crippen molar-refractivity contribution >= 4 is 5.97 Å². The zero-order chi connectivity index (χ0) is 8.97. The maximum atomic E-state index is 10.6. The fraction of sp³-hybridized carbons (Fsp3) is 0.300. The van der Waals surface area contributed by atoms with E-state index in [2.05, 4.69) is 0 Å². The average Bonchev–Trinajstić information content (AvgIpc) is 2.05. The number of benzene rings is 1. The Bertz CT molecular complexity index is 254. The van der Waals surface area contributed by atoms with Crippen molar-refractivity contribution in [1.29, 1.82) is 0 Å². The molecule has 0 fully saturated rings. The van der Waals surface area contributed by atoms with Crippen LogP contribution in [0.2, 0.25) is 0 Å². The van der Waals surface area contributed by atoms with Crippen LogP contribution < -0.4 is 0 Å². The molecule has 0 unspecified atom stereocenters. The van der Waals surface area contributed by atoms with Crippen molar-refractivity contribution in [2.75, 3.05) is 0 Å². The van der Waals surface area contributed by atoms with Crippen molar-refractivity contribution in [2.45, 2.75) is 20.0 Å². The Morgan fingerprint density at radius 1 is 1.33 bits per heavy atom. The minimum Gasteiger partial charge on any atom is -0.458 e. The maximum Gasteiger partial charge on any atom is 0.303 e. The number of carbonyl (C=O) groups excluding carboxylic acids is 1. The smallest absolute Gasteiger partial charge is 0.303 e. The molecule has 0 heterocycles. The van der Waals surface area contributed by atoms with Crippen LogP contribution in [-0.4, -0.2) is 5.97 Å². The summed E-state index contributed by atoms with van der Waals surface area (Å²) >= 11 is 0. The van der Waals surface area contributed by atoms with Crippen LogP contribution in [0.5, 0.6) is 0 Å². The Morgan fingerprint density at radius 2 is 1.92 bits per heavy atom. The minimum atomic E-state index is -0.244. The summed E-state index contributed by atoms with van der Waals surface area (Å²) in [5.74, 6) is -0.244. The van der Waals surface area contributed by atoms with Gasteiger partial charge in [-0.25, -0.2) is 0 Å². The summed E-state index contributed by atoms with van der Waals surface area (Å²) in [4.78, 5) is 10.6. The zero-order valence-electron chi connectivity index (χ0n) is 7.28. The van der Waals surface area contributed by atoms with E-state index in [-0.39, 0.29) is 12.1 Å². The molecule has 64 valence electrons. The van der Waals surface area contributed by atoms with Gasteiger partial charge >= 0.3 is 5.97 Å². The van der Waals surface area contributed by atoms with Crippen LogP contribution in [0, 0.1) is 0 Å². The predicted octanol–water partition coefficient (Wildman–Crippen LogP) is 2.31. The zero-order valence-corrected chi connectivity index (χ0v) is 7.28. The van der Waals surface area contributed by atoms with E-state index in [0.29, 0.717) is 0 Å². The summed E-state index contributed by atoms with van der Waals surface area (Å²) in [6.07, 6.45) is -0.149. The van der Waals surface area contributed by atoms with Gasteiger partial charge in [0.25, 0.3) is 0 Å². The first-order valence-electron chi connectivity index (χ1n) is 3.92. The monoisotopic (exact) mass is 164 g/mol. The molecule has 0 saturated heterocycles. The first-order chi connectivity index (χ1) is 5.70. The van der Waals surface area contributed by atoms with Gasteiger partial charge in [0.15, 0.2) is 0 Å². The lowest BCUT2D eigenvalue weighted by Gasteiger charge is -2.11. The number of ether oxygens (including phenoxy) is 1. The third-order valence-electron chi connectivity index (χ3n) is 1.61. The largest absolute Gasteiger partial charge is 0.458 e.